The van der Waals surface area contributed by atoms with Gasteiger partial charge in [-0.15, -0.1) is 0 Å². The van der Waals surface area contributed by atoms with Gasteiger partial charge in [-0.3, -0.25) is 4.79 Å². The number of rotatable bonds is 4. The van der Waals surface area contributed by atoms with E-state index in [1.165, 1.54) is 22.3 Å². The van der Waals surface area contributed by atoms with Crippen LogP contribution in [-0.4, -0.2) is 16.5 Å². The predicted octanol–water partition coefficient (Wildman–Crippen LogP) is 5.16. The standard InChI is InChI=1S/C27H28O2/c1-4-5-11-18-16-26(29)21-19-14-9-10-15-20(19)27(17-12-7-6-8-13-17)22(25(26,27)3)23(28)24(18,21)2/h6-10,12-16,21-22,29H,4-5,11H2,1-3H3/t21-,22+,24+,25+,26+,27+/m1/s1. The number of fused-ring (bicyclic) bond motifs is 3. The number of hydrogen-bond donors (Lipinski definition) is 1. The van der Waals surface area contributed by atoms with E-state index >= 15 is 0 Å². The van der Waals surface area contributed by atoms with Crippen LogP contribution >= 0.6 is 0 Å². The summed E-state index contributed by atoms with van der Waals surface area (Å²) in [4.78, 5) is 14.2. The summed E-state index contributed by atoms with van der Waals surface area (Å²) >= 11 is 0. The lowest BCUT2D eigenvalue weighted by Crippen LogP contribution is -2.55. The molecule has 2 heteroatoms. The maximum atomic E-state index is 14.2. The molecule has 148 valence electrons. The van der Waals surface area contributed by atoms with Gasteiger partial charge in [0.05, 0.1) is 11.0 Å². The fraction of sp³-hybridized carbons (Fsp3) is 0.444. The highest BCUT2D eigenvalue weighted by molar-refractivity contribution is 6.03. The molecule has 4 aliphatic carbocycles. The van der Waals surface area contributed by atoms with E-state index in [1.54, 1.807) is 0 Å². The summed E-state index contributed by atoms with van der Waals surface area (Å²) in [5.74, 6) is -0.0107. The third-order valence-electron chi connectivity index (χ3n) is 9.16. The van der Waals surface area contributed by atoms with Crippen LogP contribution in [0.15, 0.2) is 66.2 Å². The molecule has 0 aliphatic heterocycles. The number of hydrogen-bond acceptors (Lipinski definition) is 2. The average Bonchev–Trinajstić information content (AvgIpc) is 3.28. The molecule has 1 N–H and O–H groups in total. The van der Waals surface area contributed by atoms with Crippen LogP contribution in [0, 0.1) is 16.7 Å². The zero-order valence-corrected chi connectivity index (χ0v) is 17.4. The first-order chi connectivity index (χ1) is 13.9. The van der Waals surface area contributed by atoms with E-state index < -0.39 is 21.8 Å². The Hall–Kier alpha value is -2.19. The maximum Gasteiger partial charge on any atom is 0.148 e. The van der Waals surface area contributed by atoms with E-state index in [2.05, 4.69) is 75.4 Å². The molecule has 2 saturated carbocycles. The molecule has 6 atom stereocenters. The van der Waals surface area contributed by atoms with Crippen molar-refractivity contribution in [2.45, 2.75) is 57.0 Å². The molecule has 0 unspecified atom stereocenters. The Balaban J connectivity index is 1.71. The van der Waals surface area contributed by atoms with Gasteiger partial charge in [-0.05, 0) is 36.5 Å². The zero-order chi connectivity index (χ0) is 20.2. The van der Waals surface area contributed by atoms with Crippen LogP contribution in [0.4, 0.5) is 0 Å². The molecule has 0 amide bonds. The highest BCUT2D eigenvalue weighted by Crippen LogP contribution is 2.89. The molecule has 2 nitrogen and oxygen atoms in total. The second-order valence-corrected chi connectivity index (χ2v) is 9.99. The van der Waals surface area contributed by atoms with Gasteiger partial charge in [0, 0.05) is 22.7 Å². The minimum absolute atomic E-state index is 0.175. The summed E-state index contributed by atoms with van der Waals surface area (Å²) in [6.07, 6.45) is 5.19. The summed E-state index contributed by atoms with van der Waals surface area (Å²) in [5, 5.41) is 12.4. The van der Waals surface area contributed by atoms with Crippen LogP contribution < -0.4 is 0 Å². The number of Topliss-reactive ketones (excluding diaryl/α,β-unsaturated/α-hetero) is 1. The van der Waals surface area contributed by atoms with Crippen LogP contribution in [0.3, 0.4) is 0 Å². The Morgan fingerprint density at radius 2 is 1.66 bits per heavy atom. The maximum absolute atomic E-state index is 14.2. The number of ketones is 1. The van der Waals surface area contributed by atoms with Gasteiger partial charge in [0.1, 0.15) is 5.78 Å². The molecule has 29 heavy (non-hydrogen) atoms. The molecule has 0 spiro atoms. The third kappa shape index (κ3) is 1.53. The number of allylic oxidation sites excluding steroid dienone is 1. The quantitative estimate of drug-likeness (QED) is 0.740. The molecule has 6 rings (SSSR count). The van der Waals surface area contributed by atoms with Crippen molar-refractivity contribution in [3.8, 4) is 0 Å². The molecular formula is C27H28O2. The van der Waals surface area contributed by atoms with Crippen LogP contribution in [0.2, 0.25) is 0 Å². The van der Waals surface area contributed by atoms with Gasteiger partial charge in [-0.25, -0.2) is 0 Å². The molecule has 0 radical (unpaired) electrons. The lowest BCUT2D eigenvalue weighted by atomic mass is 9.54. The lowest BCUT2D eigenvalue weighted by Gasteiger charge is -2.50. The van der Waals surface area contributed by atoms with Crippen molar-refractivity contribution in [1.29, 1.82) is 0 Å². The van der Waals surface area contributed by atoms with Gasteiger partial charge < -0.3 is 5.11 Å². The van der Waals surface area contributed by atoms with Crippen molar-refractivity contribution in [3.63, 3.8) is 0 Å². The van der Waals surface area contributed by atoms with E-state index in [9.17, 15) is 9.90 Å². The molecule has 0 heterocycles. The molecule has 0 saturated heterocycles. The Bertz CT molecular complexity index is 1080. The van der Waals surface area contributed by atoms with Crippen molar-refractivity contribution in [1.82, 2.24) is 0 Å². The summed E-state index contributed by atoms with van der Waals surface area (Å²) in [6, 6.07) is 19.0. The minimum Gasteiger partial charge on any atom is -0.384 e. The molecule has 2 aromatic carbocycles. The topological polar surface area (TPSA) is 37.3 Å². The van der Waals surface area contributed by atoms with E-state index in [0.717, 1.165) is 19.3 Å². The van der Waals surface area contributed by atoms with Crippen LogP contribution in [-0.2, 0) is 10.2 Å². The first-order valence-electron chi connectivity index (χ1n) is 11.0. The number of unbranched alkanes of at least 4 members (excludes halogenated alkanes) is 1. The highest BCUT2D eigenvalue weighted by Gasteiger charge is 2.93. The predicted molar refractivity (Wildman–Crippen MR) is 114 cm³/mol. The van der Waals surface area contributed by atoms with Gasteiger partial charge in [0.25, 0.3) is 0 Å². The van der Waals surface area contributed by atoms with Crippen molar-refractivity contribution in [2.75, 3.05) is 0 Å². The third-order valence-corrected chi connectivity index (χ3v) is 9.16. The first kappa shape index (κ1) is 17.7. The smallest absolute Gasteiger partial charge is 0.148 e. The Morgan fingerprint density at radius 1 is 0.966 bits per heavy atom. The number of aliphatic hydroxyl groups is 1. The van der Waals surface area contributed by atoms with Gasteiger partial charge in [-0.1, -0.05) is 86.5 Å². The van der Waals surface area contributed by atoms with Crippen LogP contribution in [0.1, 0.15) is 62.6 Å². The monoisotopic (exact) mass is 384 g/mol. The SMILES string of the molecule is CCCCC1=C[C@]2(O)[C@@H]3c4ccccc4[C@@]4(c5ccccc5)[C@@H](C(=O)[C@@]13C)[C@]42C. The molecular weight excluding hydrogens is 356 g/mol. The highest BCUT2D eigenvalue weighted by atomic mass is 16.3. The molecule has 4 aliphatic rings. The second kappa shape index (κ2) is 5.10. The first-order valence-corrected chi connectivity index (χ1v) is 11.0. The fourth-order valence-electron chi connectivity index (χ4n) is 7.91. The van der Waals surface area contributed by atoms with E-state index in [-0.39, 0.29) is 11.8 Å². The van der Waals surface area contributed by atoms with Gasteiger partial charge >= 0.3 is 0 Å². The van der Waals surface area contributed by atoms with Crippen molar-refractivity contribution < 1.29 is 9.90 Å². The van der Waals surface area contributed by atoms with Gasteiger partial charge in [0.15, 0.2) is 0 Å². The molecule has 4 bridgehead atoms. The van der Waals surface area contributed by atoms with E-state index in [0.29, 0.717) is 5.78 Å². The van der Waals surface area contributed by atoms with E-state index in [1.807, 2.05) is 6.07 Å². The largest absolute Gasteiger partial charge is 0.384 e. The normalized spacial score (nSPS) is 43.0. The van der Waals surface area contributed by atoms with Gasteiger partial charge in [0.2, 0.25) is 0 Å². The number of benzene rings is 2. The lowest BCUT2D eigenvalue weighted by molar-refractivity contribution is -0.140. The van der Waals surface area contributed by atoms with Crippen molar-refractivity contribution in [3.05, 3.63) is 82.9 Å². The molecule has 2 fully saturated rings. The Morgan fingerprint density at radius 3 is 2.38 bits per heavy atom. The summed E-state index contributed by atoms with van der Waals surface area (Å²) in [5.41, 5.74) is 2.27. The number of carbonyl (C=O) groups excluding carboxylic acids is 1. The fourth-order valence-corrected chi connectivity index (χ4v) is 7.91. The van der Waals surface area contributed by atoms with E-state index in [4.69, 9.17) is 0 Å². The van der Waals surface area contributed by atoms with Crippen molar-refractivity contribution in [2.24, 2.45) is 16.7 Å². The number of carbonyl (C=O) groups is 1. The van der Waals surface area contributed by atoms with Crippen molar-refractivity contribution >= 4 is 5.78 Å². The van der Waals surface area contributed by atoms with Crippen LogP contribution in [0.5, 0.6) is 0 Å². The second-order valence-electron chi connectivity index (χ2n) is 9.99. The Kier molecular flexibility index (Phi) is 3.10. The minimum atomic E-state index is -0.979. The van der Waals surface area contributed by atoms with Crippen LogP contribution in [0.25, 0.3) is 0 Å². The van der Waals surface area contributed by atoms with Gasteiger partial charge in [-0.2, -0.15) is 0 Å². The summed E-state index contributed by atoms with van der Waals surface area (Å²) in [6.45, 7) is 6.48. The average molecular weight is 385 g/mol. The Labute approximate surface area is 172 Å². The molecule has 2 aromatic rings. The summed E-state index contributed by atoms with van der Waals surface area (Å²) in [7, 11) is 0. The zero-order valence-electron chi connectivity index (χ0n) is 17.4. The summed E-state index contributed by atoms with van der Waals surface area (Å²) < 4.78 is 0. The molecule has 0 aromatic heterocycles.